The lowest BCUT2D eigenvalue weighted by Crippen LogP contribution is -2.42. The molecule has 2 N–H and O–H groups in total. The fourth-order valence-electron chi connectivity index (χ4n) is 2.85. The lowest BCUT2D eigenvalue weighted by atomic mass is 10.2. The molecule has 0 saturated carbocycles. The summed E-state index contributed by atoms with van der Waals surface area (Å²) in [5.74, 6) is -1.71. The number of carbonyl (C=O) groups is 4. The number of aromatic carboxylic acids is 1. The highest BCUT2D eigenvalue weighted by atomic mass is 32.1. The Labute approximate surface area is 135 Å². The van der Waals surface area contributed by atoms with E-state index in [2.05, 4.69) is 5.32 Å². The quantitative estimate of drug-likeness (QED) is 0.785. The van der Waals surface area contributed by atoms with Gasteiger partial charge in [0.1, 0.15) is 11.4 Å². The molecule has 1 aromatic heterocycles. The van der Waals surface area contributed by atoms with Crippen molar-refractivity contribution in [3.63, 3.8) is 0 Å². The summed E-state index contributed by atoms with van der Waals surface area (Å²) in [5, 5.41) is 11.4. The number of imide groups is 1. The molecule has 1 aromatic rings. The van der Waals surface area contributed by atoms with Crippen LogP contribution < -0.4 is 5.32 Å². The Balaban J connectivity index is 1.73. The van der Waals surface area contributed by atoms with Crippen molar-refractivity contribution >= 4 is 35.2 Å². The molecule has 122 valence electrons. The van der Waals surface area contributed by atoms with Gasteiger partial charge in [0, 0.05) is 11.4 Å². The van der Waals surface area contributed by atoms with Gasteiger partial charge < -0.3 is 15.3 Å². The van der Waals surface area contributed by atoms with E-state index >= 15 is 0 Å². The molecule has 2 saturated heterocycles. The van der Waals surface area contributed by atoms with E-state index < -0.39 is 17.9 Å². The Hall–Kier alpha value is -2.42. The zero-order valence-electron chi connectivity index (χ0n) is 12.2. The number of rotatable bonds is 4. The maximum absolute atomic E-state index is 12.5. The molecule has 3 heterocycles. The van der Waals surface area contributed by atoms with Crippen LogP contribution in [0.2, 0.25) is 0 Å². The molecule has 0 aliphatic carbocycles. The molecule has 0 spiro atoms. The van der Waals surface area contributed by atoms with Crippen LogP contribution in [0.1, 0.15) is 33.4 Å². The van der Waals surface area contributed by atoms with Gasteiger partial charge in [0.15, 0.2) is 0 Å². The molecule has 9 heteroatoms. The average Bonchev–Trinajstić information content (AvgIpc) is 3.21. The summed E-state index contributed by atoms with van der Waals surface area (Å²) < 4.78 is 0. The van der Waals surface area contributed by atoms with E-state index in [4.69, 9.17) is 5.11 Å². The van der Waals surface area contributed by atoms with Crippen LogP contribution in [0.15, 0.2) is 12.1 Å². The highest BCUT2D eigenvalue weighted by Gasteiger charge is 2.36. The van der Waals surface area contributed by atoms with Gasteiger partial charge in [0.25, 0.3) is 5.91 Å². The topological polar surface area (TPSA) is 107 Å². The fraction of sp³-hybridized carbons (Fsp3) is 0.429. The van der Waals surface area contributed by atoms with Crippen LogP contribution in [0.4, 0.5) is 4.79 Å². The second-order valence-corrected chi connectivity index (χ2v) is 6.51. The Kier molecular flexibility index (Phi) is 4.03. The summed E-state index contributed by atoms with van der Waals surface area (Å²) in [5.41, 5.74) is 0. The second-order valence-electron chi connectivity index (χ2n) is 5.39. The number of carbonyl (C=O) groups excluding carboxylic acids is 3. The molecule has 0 radical (unpaired) electrons. The highest BCUT2D eigenvalue weighted by Crippen LogP contribution is 2.36. The minimum Gasteiger partial charge on any atom is -0.477 e. The average molecular weight is 337 g/mol. The maximum atomic E-state index is 12.5. The number of carboxylic acid groups (broad SMARTS) is 1. The van der Waals surface area contributed by atoms with Gasteiger partial charge in [-0.3, -0.25) is 14.5 Å². The first-order valence-electron chi connectivity index (χ1n) is 7.18. The van der Waals surface area contributed by atoms with Crippen LogP contribution in [0.25, 0.3) is 0 Å². The van der Waals surface area contributed by atoms with Crippen LogP contribution in [-0.2, 0) is 9.59 Å². The number of hydrogen-bond acceptors (Lipinski definition) is 5. The monoisotopic (exact) mass is 337 g/mol. The Morgan fingerprint density at radius 3 is 2.74 bits per heavy atom. The van der Waals surface area contributed by atoms with Crippen molar-refractivity contribution < 1.29 is 24.3 Å². The maximum Gasteiger partial charge on any atom is 0.345 e. The van der Waals surface area contributed by atoms with Crippen LogP contribution >= 0.6 is 11.3 Å². The standard InChI is InChI=1S/C14H15N3O5S/c18-11-6-15-14(22)17(11)7-12(19)16-5-1-2-8(16)9-3-4-10(23-9)13(20)21/h3-4,8H,1-2,5-7H2,(H,15,22)(H,20,21)/t8-/m0/s1. The van der Waals surface area contributed by atoms with Gasteiger partial charge in [0.2, 0.25) is 5.91 Å². The normalized spacial score (nSPS) is 21.0. The SMILES string of the molecule is O=C(O)c1ccc([C@@H]2CCCN2C(=O)CN2C(=O)CNC2=O)s1. The number of carboxylic acids is 1. The van der Waals surface area contributed by atoms with Crippen molar-refractivity contribution in [1.29, 1.82) is 0 Å². The lowest BCUT2D eigenvalue weighted by Gasteiger charge is -2.25. The van der Waals surface area contributed by atoms with Gasteiger partial charge >= 0.3 is 12.0 Å². The number of amides is 4. The first-order valence-corrected chi connectivity index (χ1v) is 7.99. The van der Waals surface area contributed by atoms with E-state index in [1.54, 1.807) is 11.0 Å². The van der Waals surface area contributed by atoms with Crippen molar-refractivity contribution in [1.82, 2.24) is 15.1 Å². The number of thiophene rings is 1. The third-order valence-electron chi connectivity index (χ3n) is 3.97. The summed E-state index contributed by atoms with van der Waals surface area (Å²) in [6, 6.07) is 2.50. The summed E-state index contributed by atoms with van der Waals surface area (Å²) in [6.07, 6.45) is 1.54. The molecule has 2 aliphatic rings. The van der Waals surface area contributed by atoms with Crippen molar-refractivity contribution in [2.45, 2.75) is 18.9 Å². The van der Waals surface area contributed by atoms with E-state index in [1.165, 1.54) is 6.07 Å². The van der Waals surface area contributed by atoms with Crippen molar-refractivity contribution in [2.75, 3.05) is 19.6 Å². The van der Waals surface area contributed by atoms with Crippen LogP contribution in [0.5, 0.6) is 0 Å². The lowest BCUT2D eigenvalue weighted by molar-refractivity contribution is -0.137. The van der Waals surface area contributed by atoms with Crippen molar-refractivity contribution in [3.05, 3.63) is 21.9 Å². The molecule has 2 fully saturated rings. The molecule has 23 heavy (non-hydrogen) atoms. The van der Waals surface area contributed by atoms with Gasteiger partial charge in [0.05, 0.1) is 12.6 Å². The molecule has 2 aliphatic heterocycles. The molecule has 1 atom stereocenters. The smallest absolute Gasteiger partial charge is 0.345 e. The van der Waals surface area contributed by atoms with Gasteiger partial charge in [-0.1, -0.05) is 0 Å². The minimum atomic E-state index is -0.989. The number of nitrogens with zero attached hydrogens (tertiary/aromatic N) is 2. The third kappa shape index (κ3) is 2.91. The highest BCUT2D eigenvalue weighted by molar-refractivity contribution is 7.14. The Morgan fingerprint density at radius 1 is 1.35 bits per heavy atom. The predicted octanol–water partition coefficient (Wildman–Crippen LogP) is 0.662. The molecule has 0 aromatic carbocycles. The van der Waals surface area contributed by atoms with E-state index in [-0.39, 0.29) is 29.9 Å². The third-order valence-corrected chi connectivity index (χ3v) is 5.14. The van der Waals surface area contributed by atoms with Crippen LogP contribution in [-0.4, -0.2) is 58.4 Å². The van der Waals surface area contributed by atoms with Crippen molar-refractivity contribution in [3.8, 4) is 0 Å². The predicted molar refractivity (Wildman–Crippen MR) is 80.1 cm³/mol. The molecular formula is C14H15N3O5S. The van der Waals surface area contributed by atoms with Crippen LogP contribution in [0, 0.1) is 0 Å². The van der Waals surface area contributed by atoms with Crippen molar-refractivity contribution in [2.24, 2.45) is 0 Å². The molecule has 0 unspecified atom stereocenters. The molecule has 0 bridgehead atoms. The van der Waals surface area contributed by atoms with Crippen LogP contribution in [0.3, 0.4) is 0 Å². The minimum absolute atomic E-state index is 0.0809. The van der Waals surface area contributed by atoms with Gasteiger partial charge in [-0.15, -0.1) is 11.3 Å². The van der Waals surface area contributed by atoms with E-state index in [9.17, 15) is 19.2 Å². The largest absolute Gasteiger partial charge is 0.477 e. The van der Waals surface area contributed by atoms with E-state index in [1.807, 2.05) is 0 Å². The fourth-order valence-corrected chi connectivity index (χ4v) is 3.84. The van der Waals surface area contributed by atoms with Gasteiger partial charge in [-0.05, 0) is 25.0 Å². The number of hydrogen-bond donors (Lipinski definition) is 2. The summed E-state index contributed by atoms with van der Waals surface area (Å²) in [6.45, 7) is 0.175. The molecule has 4 amide bonds. The first kappa shape index (κ1) is 15.5. The Bertz CT molecular complexity index is 670. The molecule has 3 rings (SSSR count). The second kappa shape index (κ2) is 5.99. The summed E-state index contributed by atoms with van der Waals surface area (Å²) >= 11 is 1.15. The summed E-state index contributed by atoms with van der Waals surface area (Å²) in [4.78, 5) is 50.1. The number of urea groups is 1. The van der Waals surface area contributed by atoms with E-state index in [0.29, 0.717) is 6.54 Å². The number of nitrogens with one attached hydrogen (secondary N) is 1. The molecular weight excluding hydrogens is 322 g/mol. The number of likely N-dealkylation sites (tertiary alicyclic amines) is 1. The molecule has 8 nitrogen and oxygen atoms in total. The zero-order chi connectivity index (χ0) is 16.6. The van der Waals surface area contributed by atoms with Gasteiger partial charge in [-0.25, -0.2) is 9.59 Å². The van der Waals surface area contributed by atoms with E-state index in [0.717, 1.165) is 34.0 Å². The Morgan fingerprint density at radius 2 is 2.13 bits per heavy atom. The van der Waals surface area contributed by atoms with Gasteiger partial charge in [-0.2, -0.15) is 0 Å². The first-order chi connectivity index (χ1) is 11.0. The summed E-state index contributed by atoms with van der Waals surface area (Å²) in [7, 11) is 0. The zero-order valence-corrected chi connectivity index (χ0v) is 13.0.